The molecule has 0 aliphatic carbocycles. The van der Waals surface area contributed by atoms with E-state index >= 15 is 0 Å². The number of rotatable bonds is 0. The molecular formula is C10H15NO4S2. The Morgan fingerprint density at radius 2 is 1.88 bits per heavy atom. The molecule has 1 unspecified atom stereocenters. The topological polar surface area (TPSA) is 77.8 Å². The van der Waals surface area contributed by atoms with Crippen LogP contribution < -0.4 is 4.90 Å². The van der Waals surface area contributed by atoms with Gasteiger partial charge >= 0.3 is 10.4 Å². The van der Waals surface area contributed by atoms with Crippen LogP contribution in [0.15, 0.2) is 23.1 Å². The Morgan fingerprint density at radius 1 is 1.35 bits per heavy atom. The summed E-state index contributed by atoms with van der Waals surface area (Å²) in [4.78, 5) is 3.76. The van der Waals surface area contributed by atoms with E-state index in [9.17, 15) is 0 Å². The lowest BCUT2D eigenvalue weighted by atomic mass is 10.2. The quantitative estimate of drug-likeness (QED) is 0.708. The SMILES string of the molecule is Cc1cccc2c1N(C)C(C)S2.O=S(=O)(O)O. The number of para-hydroxylation sites is 1. The molecule has 1 heterocycles. The Hall–Kier alpha value is -0.760. The zero-order valence-corrected chi connectivity index (χ0v) is 11.4. The van der Waals surface area contributed by atoms with Crippen molar-refractivity contribution in [3.8, 4) is 0 Å². The molecule has 0 fully saturated rings. The number of hydrogen-bond donors (Lipinski definition) is 2. The highest BCUT2D eigenvalue weighted by Gasteiger charge is 2.24. The van der Waals surface area contributed by atoms with Gasteiger partial charge in [0, 0.05) is 11.9 Å². The van der Waals surface area contributed by atoms with Crippen molar-refractivity contribution in [2.75, 3.05) is 11.9 Å². The first kappa shape index (κ1) is 14.3. The predicted octanol–water partition coefficient (Wildman–Crippen LogP) is 2.23. The minimum atomic E-state index is -4.67. The van der Waals surface area contributed by atoms with Gasteiger partial charge in [0.1, 0.15) is 0 Å². The highest BCUT2D eigenvalue weighted by atomic mass is 32.3. The largest absolute Gasteiger partial charge is 0.394 e. The first-order valence-corrected chi connectivity index (χ1v) is 7.17. The Balaban J connectivity index is 0.000000249. The Morgan fingerprint density at radius 3 is 2.35 bits per heavy atom. The van der Waals surface area contributed by atoms with Gasteiger partial charge in [-0.25, -0.2) is 0 Å². The van der Waals surface area contributed by atoms with Gasteiger partial charge in [-0.1, -0.05) is 23.9 Å². The maximum absolute atomic E-state index is 8.74. The molecule has 17 heavy (non-hydrogen) atoms. The second-order valence-corrected chi connectivity index (χ2v) is 5.95. The van der Waals surface area contributed by atoms with Crippen molar-refractivity contribution < 1.29 is 17.5 Å². The molecule has 0 aromatic heterocycles. The van der Waals surface area contributed by atoms with Crippen molar-refractivity contribution in [2.24, 2.45) is 0 Å². The number of benzene rings is 1. The third-order valence-electron chi connectivity index (χ3n) is 2.40. The number of hydrogen-bond acceptors (Lipinski definition) is 4. The van der Waals surface area contributed by atoms with Gasteiger partial charge in [-0.15, -0.1) is 0 Å². The van der Waals surface area contributed by atoms with Gasteiger partial charge in [-0.05, 0) is 25.5 Å². The zero-order chi connectivity index (χ0) is 13.2. The van der Waals surface area contributed by atoms with Crippen LogP contribution in [0, 0.1) is 6.92 Å². The lowest BCUT2D eigenvalue weighted by molar-refractivity contribution is 0.381. The summed E-state index contributed by atoms with van der Waals surface area (Å²) in [5.41, 5.74) is 2.79. The normalized spacial score (nSPS) is 18.4. The van der Waals surface area contributed by atoms with E-state index < -0.39 is 10.4 Å². The molecule has 96 valence electrons. The average molecular weight is 277 g/mol. The third-order valence-corrected chi connectivity index (χ3v) is 3.64. The monoisotopic (exact) mass is 277 g/mol. The number of thioether (sulfide) groups is 1. The zero-order valence-electron chi connectivity index (χ0n) is 9.78. The molecule has 2 rings (SSSR count). The molecule has 0 saturated heterocycles. The minimum absolute atomic E-state index is 0.584. The van der Waals surface area contributed by atoms with E-state index in [0.29, 0.717) is 5.37 Å². The highest BCUT2D eigenvalue weighted by molar-refractivity contribution is 8.00. The van der Waals surface area contributed by atoms with Crippen molar-refractivity contribution in [1.29, 1.82) is 0 Å². The van der Waals surface area contributed by atoms with Crippen molar-refractivity contribution in [1.82, 2.24) is 0 Å². The molecule has 5 nitrogen and oxygen atoms in total. The lowest BCUT2D eigenvalue weighted by Crippen LogP contribution is -2.21. The Labute approximate surface area is 105 Å². The molecule has 0 spiro atoms. The van der Waals surface area contributed by atoms with Gasteiger partial charge in [0.2, 0.25) is 0 Å². The summed E-state index contributed by atoms with van der Waals surface area (Å²) in [7, 11) is -2.50. The van der Waals surface area contributed by atoms with Crippen LogP contribution in [0.25, 0.3) is 0 Å². The number of aryl methyl sites for hydroxylation is 1. The van der Waals surface area contributed by atoms with E-state index in [2.05, 4.69) is 44.0 Å². The molecule has 1 aromatic rings. The fraction of sp³-hybridized carbons (Fsp3) is 0.400. The third kappa shape index (κ3) is 4.19. The first-order valence-electron chi connectivity index (χ1n) is 4.89. The number of nitrogens with zero attached hydrogens (tertiary/aromatic N) is 1. The van der Waals surface area contributed by atoms with Crippen molar-refractivity contribution >= 4 is 27.8 Å². The van der Waals surface area contributed by atoms with E-state index in [1.54, 1.807) is 0 Å². The molecule has 1 atom stereocenters. The highest BCUT2D eigenvalue weighted by Crippen LogP contribution is 2.43. The van der Waals surface area contributed by atoms with Crippen LogP contribution in [0.1, 0.15) is 12.5 Å². The van der Waals surface area contributed by atoms with E-state index in [4.69, 9.17) is 17.5 Å². The van der Waals surface area contributed by atoms with Crippen molar-refractivity contribution in [2.45, 2.75) is 24.1 Å². The number of anilines is 1. The lowest BCUT2D eigenvalue weighted by Gasteiger charge is -2.18. The molecule has 1 aromatic carbocycles. The fourth-order valence-corrected chi connectivity index (χ4v) is 2.83. The average Bonchev–Trinajstić information content (AvgIpc) is 2.41. The Bertz CT molecular complexity index is 493. The van der Waals surface area contributed by atoms with Crippen molar-refractivity contribution in [3.05, 3.63) is 23.8 Å². The second kappa shape index (κ2) is 5.26. The smallest absolute Gasteiger partial charge is 0.361 e. The van der Waals surface area contributed by atoms with Crippen LogP contribution in [0.3, 0.4) is 0 Å². The standard InChI is InChI=1S/C10H13NS.H2O4S/c1-7-5-4-6-9-10(7)11(3)8(2)12-9;1-5(2,3)4/h4-6,8H,1-3H3;(H2,1,2,3,4). The molecule has 2 N–H and O–H groups in total. The van der Waals surface area contributed by atoms with Gasteiger partial charge in [0.05, 0.1) is 11.1 Å². The van der Waals surface area contributed by atoms with Crippen LogP contribution >= 0.6 is 11.8 Å². The molecule has 0 saturated carbocycles. The van der Waals surface area contributed by atoms with Crippen LogP contribution in [0.2, 0.25) is 0 Å². The second-order valence-electron chi connectivity index (χ2n) is 3.70. The predicted molar refractivity (Wildman–Crippen MR) is 69.1 cm³/mol. The molecule has 7 heteroatoms. The van der Waals surface area contributed by atoms with Gasteiger partial charge in [-0.3, -0.25) is 9.11 Å². The Kier molecular flexibility index (Phi) is 4.42. The summed E-state index contributed by atoms with van der Waals surface area (Å²) in [6, 6.07) is 6.51. The van der Waals surface area contributed by atoms with Crippen LogP contribution in [-0.2, 0) is 10.4 Å². The van der Waals surface area contributed by atoms with E-state index in [1.165, 1.54) is 16.1 Å². The first-order chi connectivity index (χ1) is 7.70. The van der Waals surface area contributed by atoms with Crippen LogP contribution in [-0.4, -0.2) is 29.9 Å². The van der Waals surface area contributed by atoms with Crippen LogP contribution in [0.4, 0.5) is 5.69 Å². The van der Waals surface area contributed by atoms with Crippen molar-refractivity contribution in [3.63, 3.8) is 0 Å². The minimum Gasteiger partial charge on any atom is -0.361 e. The molecule has 0 amide bonds. The summed E-state index contributed by atoms with van der Waals surface area (Å²) in [5.74, 6) is 0. The maximum atomic E-state index is 8.74. The maximum Gasteiger partial charge on any atom is 0.394 e. The van der Waals surface area contributed by atoms with Crippen LogP contribution in [0.5, 0.6) is 0 Å². The van der Waals surface area contributed by atoms with E-state index in [-0.39, 0.29) is 0 Å². The van der Waals surface area contributed by atoms with Gasteiger partial charge in [-0.2, -0.15) is 8.42 Å². The molecule has 1 aliphatic heterocycles. The summed E-state index contributed by atoms with van der Waals surface area (Å²) >= 11 is 1.94. The molecule has 1 aliphatic rings. The molecule has 0 bridgehead atoms. The summed E-state index contributed by atoms with van der Waals surface area (Å²) in [6.07, 6.45) is 0. The summed E-state index contributed by atoms with van der Waals surface area (Å²) in [6.45, 7) is 4.41. The van der Waals surface area contributed by atoms with E-state index in [0.717, 1.165) is 0 Å². The number of fused-ring (bicyclic) bond motifs is 1. The fourth-order valence-electron chi connectivity index (χ4n) is 1.62. The van der Waals surface area contributed by atoms with Gasteiger partial charge in [0.15, 0.2) is 0 Å². The van der Waals surface area contributed by atoms with Gasteiger partial charge in [0.25, 0.3) is 0 Å². The summed E-state index contributed by atoms with van der Waals surface area (Å²) in [5, 5.41) is 0.584. The van der Waals surface area contributed by atoms with Gasteiger partial charge < -0.3 is 4.90 Å². The molecule has 0 radical (unpaired) electrons. The molecular weight excluding hydrogens is 262 g/mol. The summed E-state index contributed by atoms with van der Waals surface area (Å²) < 4.78 is 31.6. The van der Waals surface area contributed by atoms with E-state index in [1.807, 2.05) is 11.8 Å².